The molecule has 0 saturated heterocycles. The van der Waals surface area contributed by atoms with Crippen molar-refractivity contribution in [2.75, 3.05) is 6.61 Å². The van der Waals surface area contributed by atoms with Gasteiger partial charge in [0.05, 0.1) is 6.04 Å². The first-order valence-electron chi connectivity index (χ1n) is 10.4. The molecule has 6 nitrogen and oxygen atoms in total. The molecule has 0 saturated carbocycles. The second-order valence-corrected chi connectivity index (χ2v) is 7.39. The van der Waals surface area contributed by atoms with Crippen LogP contribution in [0.2, 0.25) is 0 Å². The Morgan fingerprint density at radius 3 is 1.97 bits per heavy atom. The number of amides is 2. The van der Waals surface area contributed by atoms with Crippen LogP contribution in [0, 0.1) is 0 Å². The SMILES string of the molecule is C[C@@H](NC(=O)COC(=O)[C@@H](Cc1ccccc1)NC(=O)c1ccccc1)c1ccccc1. The molecule has 0 aromatic heterocycles. The molecule has 0 heterocycles. The Morgan fingerprint density at radius 2 is 1.34 bits per heavy atom. The van der Waals surface area contributed by atoms with Gasteiger partial charge < -0.3 is 15.4 Å². The monoisotopic (exact) mass is 430 g/mol. The molecular formula is C26H26N2O4. The molecule has 3 aromatic rings. The van der Waals surface area contributed by atoms with Crippen molar-refractivity contribution in [1.29, 1.82) is 0 Å². The lowest BCUT2D eigenvalue weighted by Gasteiger charge is -2.19. The predicted molar refractivity (Wildman–Crippen MR) is 122 cm³/mol. The van der Waals surface area contributed by atoms with E-state index in [4.69, 9.17) is 4.74 Å². The van der Waals surface area contributed by atoms with Crippen LogP contribution in [0.15, 0.2) is 91.0 Å². The third-order valence-electron chi connectivity index (χ3n) is 4.93. The Labute approximate surface area is 187 Å². The lowest BCUT2D eigenvalue weighted by molar-refractivity contribution is -0.150. The highest BCUT2D eigenvalue weighted by Crippen LogP contribution is 2.11. The minimum absolute atomic E-state index is 0.222. The van der Waals surface area contributed by atoms with Crippen molar-refractivity contribution in [3.8, 4) is 0 Å². The van der Waals surface area contributed by atoms with E-state index in [1.54, 1.807) is 24.3 Å². The summed E-state index contributed by atoms with van der Waals surface area (Å²) in [6.07, 6.45) is 0.250. The molecule has 3 rings (SSSR count). The van der Waals surface area contributed by atoms with Crippen LogP contribution in [0.1, 0.15) is 34.5 Å². The number of benzene rings is 3. The zero-order valence-electron chi connectivity index (χ0n) is 17.9. The van der Waals surface area contributed by atoms with Crippen molar-refractivity contribution in [1.82, 2.24) is 10.6 Å². The van der Waals surface area contributed by atoms with Gasteiger partial charge in [-0.15, -0.1) is 0 Å². The molecule has 0 radical (unpaired) electrons. The fourth-order valence-electron chi connectivity index (χ4n) is 3.22. The number of hydrogen-bond donors (Lipinski definition) is 2. The van der Waals surface area contributed by atoms with Gasteiger partial charge in [-0.1, -0.05) is 78.9 Å². The van der Waals surface area contributed by atoms with Crippen LogP contribution >= 0.6 is 0 Å². The fraction of sp³-hybridized carbons (Fsp3) is 0.192. The molecule has 2 amide bonds. The van der Waals surface area contributed by atoms with Crippen molar-refractivity contribution < 1.29 is 19.1 Å². The Kier molecular flexibility index (Phi) is 8.15. The van der Waals surface area contributed by atoms with Crippen LogP contribution in [0.5, 0.6) is 0 Å². The zero-order valence-corrected chi connectivity index (χ0v) is 17.9. The summed E-state index contributed by atoms with van der Waals surface area (Å²) in [6, 6.07) is 26.3. The van der Waals surface area contributed by atoms with E-state index in [9.17, 15) is 14.4 Å². The molecule has 0 unspecified atom stereocenters. The van der Waals surface area contributed by atoms with Gasteiger partial charge in [0, 0.05) is 12.0 Å². The van der Waals surface area contributed by atoms with E-state index in [-0.39, 0.29) is 18.4 Å². The first-order valence-corrected chi connectivity index (χ1v) is 10.4. The fourth-order valence-corrected chi connectivity index (χ4v) is 3.22. The van der Waals surface area contributed by atoms with Crippen molar-refractivity contribution in [3.05, 3.63) is 108 Å². The zero-order chi connectivity index (χ0) is 22.8. The number of rotatable bonds is 9. The normalized spacial score (nSPS) is 12.3. The van der Waals surface area contributed by atoms with Crippen LogP contribution < -0.4 is 10.6 Å². The minimum Gasteiger partial charge on any atom is -0.454 e. The van der Waals surface area contributed by atoms with Crippen LogP contribution in [-0.2, 0) is 20.7 Å². The molecule has 32 heavy (non-hydrogen) atoms. The van der Waals surface area contributed by atoms with Crippen molar-refractivity contribution >= 4 is 17.8 Å². The van der Waals surface area contributed by atoms with Gasteiger partial charge in [-0.25, -0.2) is 4.79 Å². The lowest BCUT2D eigenvalue weighted by atomic mass is 10.1. The number of nitrogens with one attached hydrogen (secondary N) is 2. The summed E-state index contributed by atoms with van der Waals surface area (Å²) in [5.41, 5.74) is 2.25. The summed E-state index contributed by atoms with van der Waals surface area (Å²) in [5.74, 6) is -1.46. The first-order chi connectivity index (χ1) is 15.5. The van der Waals surface area contributed by atoms with Crippen LogP contribution in [0.3, 0.4) is 0 Å². The summed E-state index contributed by atoms with van der Waals surface area (Å²) >= 11 is 0. The molecule has 0 fully saturated rings. The standard InChI is InChI=1S/C26H26N2O4/c1-19(21-13-7-3-8-14-21)27-24(29)18-32-26(31)23(17-20-11-5-2-6-12-20)28-25(30)22-15-9-4-10-16-22/h2-16,19,23H,17-18H2,1H3,(H,27,29)(H,28,30)/t19-,23-/m1/s1. The lowest BCUT2D eigenvalue weighted by Crippen LogP contribution is -2.44. The van der Waals surface area contributed by atoms with Gasteiger partial charge in [0.1, 0.15) is 6.04 Å². The van der Waals surface area contributed by atoms with Gasteiger partial charge in [-0.05, 0) is 30.2 Å². The average molecular weight is 431 g/mol. The third kappa shape index (κ3) is 6.80. The molecule has 2 N–H and O–H groups in total. The highest BCUT2D eigenvalue weighted by atomic mass is 16.5. The number of esters is 1. The Balaban J connectivity index is 1.61. The van der Waals surface area contributed by atoms with Crippen LogP contribution in [-0.4, -0.2) is 30.4 Å². The van der Waals surface area contributed by atoms with Crippen LogP contribution in [0.25, 0.3) is 0 Å². The topological polar surface area (TPSA) is 84.5 Å². The molecule has 0 spiro atoms. The second kappa shape index (κ2) is 11.5. The highest BCUT2D eigenvalue weighted by Gasteiger charge is 2.24. The number of carbonyl (C=O) groups excluding carboxylic acids is 3. The Hall–Kier alpha value is -3.93. The summed E-state index contributed by atoms with van der Waals surface area (Å²) < 4.78 is 5.25. The van der Waals surface area contributed by atoms with Crippen molar-refractivity contribution in [3.63, 3.8) is 0 Å². The maximum absolute atomic E-state index is 12.8. The minimum atomic E-state index is -0.926. The van der Waals surface area contributed by atoms with Gasteiger partial charge in [0.25, 0.3) is 11.8 Å². The van der Waals surface area contributed by atoms with Gasteiger partial charge in [0.15, 0.2) is 6.61 Å². The summed E-state index contributed by atoms with van der Waals surface area (Å²) in [7, 11) is 0. The Morgan fingerprint density at radius 1 is 0.781 bits per heavy atom. The van der Waals surface area contributed by atoms with E-state index >= 15 is 0 Å². The van der Waals surface area contributed by atoms with Gasteiger partial charge >= 0.3 is 5.97 Å². The summed E-state index contributed by atoms with van der Waals surface area (Å²) in [5, 5.41) is 5.53. The van der Waals surface area contributed by atoms with Gasteiger partial charge in [0.2, 0.25) is 0 Å². The third-order valence-corrected chi connectivity index (χ3v) is 4.93. The van der Waals surface area contributed by atoms with Gasteiger partial charge in [-0.2, -0.15) is 0 Å². The van der Waals surface area contributed by atoms with Crippen molar-refractivity contribution in [2.24, 2.45) is 0 Å². The Bertz CT molecular complexity index is 1020. The molecule has 0 bridgehead atoms. The van der Waals surface area contributed by atoms with E-state index < -0.39 is 24.5 Å². The molecule has 164 valence electrons. The quantitative estimate of drug-likeness (QED) is 0.509. The van der Waals surface area contributed by atoms with Crippen LogP contribution in [0.4, 0.5) is 0 Å². The largest absolute Gasteiger partial charge is 0.454 e. The average Bonchev–Trinajstić information content (AvgIpc) is 2.83. The number of hydrogen-bond acceptors (Lipinski definition) is 4. The number of ether oxygens (including phenoxy) is 1. The molecule has 0 aliphatic rings. The van der Waals surface area contributed by atoms with E-state index in [0.29, 0.717) is 5.56 Å². The van der Waals surface area contributed by atoms with E-state index in [1.165, 1.54) is 0 Å². The molecule has 0 aliphatic heterocycles. The summed E-state index contributed by atoms with van der Waals surface area (Å²) in [6.45, 7) is 1.43. The van der Waals surface area contributed by atoms with E-state index in [0.717, 1.165) is 11.1 Å². The first kappa shape index (κ1) is 22.7. The highest BCUT2D eigenvalue weighted by molar-refractivity contribution is 5.97. The van der Waals surface area contributed by atoms with E-state index in [2.05, 4.69) is 10.6 Å². The maximum Gasteiger partial charge on any atom is 0.329 e. The number of carbonyl (C=O) groups is 3. The maximum atomic E-state index is 12.8. The van der Waals surface area contributed by atoms with Crippen molar-refractivity contribution in [2.45, 2.75) is 25.4 Å². The smallest absolute Gasteiger partial charge is 0.329 e. The second-order valence-electron chi connectivity index (χ2n) is 7.39. The van der Waals surface area contributed by atoms with E-state index in [1.807, 2.05) is 73.7 Å². The molecular weight excluding hydrogens is 404 g/mol. The van der Waals surface area contributed by atoms with Gasteiger partial charge in [-0.3, -0.25) is 9.59 Å². The molecule has 2 atom stereocenters. The summed E-state index contributed by atoms with van der Waals surface area (Å²) in [4.78, 5) is 37.6. The molecule has 6 heteroatoms. The molecule has 0 aliphatic carbocycles. The predicted octanol–water partition coefficient (Wildman–Crippen LogP) is 3.45. The molecule has 3 aromatic carbocycles.